The first-order valence-electron chi connectivity index (χ1n) is 9.73. The van der Waals surface area contributed by atoms with Crippen LogP contribution in [-0.4, -0.2) is 20.4 Å². The van der Waals surface area contributed by atoms with Gasteiger partial charge in [-0.15, -0.1) is 0 Å². The summed E-state index contributed by atoms with van der Waals surface area (Å²) in [4.78, 5) is 9.23. The zero-order chi connectivity index (χ0) is 19.1. The lowest BCUT2D eigenvalue weighted by Gasteiger charge is -2.16. The van der Waals surface area contributed by atoms with E-state index in [2.05, 4.69) is 38.2 Å². The minimum atomic E-state index is 0.577. The largest absolute Gasteiger partial charge is 0.382 e. The normalized spacial score (nSPS) is 14.8. The van der Waals surface area contributed by atoms with Gasteiger partial charge < -0.3 is 10.6 Å². The minimum Gasteiger partial charge on any atom is -0.382 e. The summed E-state index contributed by atoms with van der Waals surface area (Å²) in [5.74, 6) is 0.748. The highest BCUT2D eigenvalue weighted by Crippen LogP contribution is 2.32. The third kappa shape index (κ3) is 3.06. The average molecular weight is 392 g/mol. The summed E-state index contributed by atoms with van der Waals surface area (Å²) in [6, 6.07) is 12.8. The lowest BCUT2D eigenvalue weighted by atomic mass is 10.2. The molecule has 0 aliphatic heterocycles. The van der Waals surface area contributed by atoms with Crippen molar-refractivity contribution in [1.82, 2.24) is 14.4 Å². The topological polar surface area (TPSA) is 54.2 Å². The van der Waals surface area contributed by atoms with Gasteiger partial charge in [0, 0.05) is 11.7 Å². The number of para-hydroxylation sites is 1. The van der Waals surface area contributed by atoms with E-state index in [1.165, 1.54) is 25.7 Å². The molecule has 5 nitrogen and oxygen atoms in total. The fraction of sp³-hybridized carbons (Fsp3) is 0.273. The van der Waals surface area contributed by atoms with Crippen molar-refractivity contribution < 1.29 is 0 Å². The highest BCUT2D eigenvalue weighted by atomic mass is 35.5. The van der Waals surface area contributed by atoms with Crippen LogP contribution in [-0.2, 0) is 0 Å². The maximum absolute atomic E-state index is 6.40. The molecule has 2 N–H and O–H groups in total. The molecule has 28 heavy (non-hydrogen) atoms. The van der Waals surface area contributed by atoms with Crippen molar-refractivity contribution >= 4 is 45.3 Å². The first-order valence-corrected chi connectivity index (χ1v) is 10.1. The summed E-state index contributed by atoms with van der Waals surface area (Å²) < 4.78 is 2.08. The van der Waals surface area contributed by atoms with Crippen LogP contribution in [0.1, 0.15) is 31.2 Å². The molecular formula is C22H22ClN5. The van der Waals surface area contributed by atoms with Crippen LogP contribution >= 0.6 is 11.6 Å². The number of benzene rings is 2. The van der Waals surface area contributed by atoms with E-state index >= 15 is 0 Å². The molecule has 6 heteroatoms. The molecule has 2 heterocycles. The number of aromatic nitrogens is 3. The molecule has 1 saturated carbocycles. The van der Waals surface area contributed by atoms with Gasteiger partial charge in [0.15, 0.2) is 5.82 Å². The number of hydrogen-bond donors (Lipinski definition) is 2. The third-order valence-electron chi connectivity index (χ3n) is 5.54. The number of rotatable bonds is 4. The summed E-state index contributed by atoms with van der Waals surface area (Å²) in [6.45, 7) is 2.03. The number of hydrogen-bond acceptors (Lipinski definition) is 4. The first kappa shape index (κ1) is 17.3. The van der Waals surface area contributed by atoms with E-state index < -0.39 is 0 Å². The van der Waals surface area contributed by atoms with Gasteiger partial charge in [-0.05, 0) is 49.6 Å². The predicted molar refractivity (Wildman–Crippen MR) is 116 cm³/mol. The van der Waals surface area contributed by atoms with Crippen molar-refractivity contribution in [3.63, 3.8) is 0 Å². The first-order chi connectivity index (χ1) is 13.7. The van der Waals surface area contributed by atoms with Gasteiger partial charge in [-0.3, -0.25) is 4.40 Å². The Bertz CT molecular complexity index is 1140. The zero-order valence-corrected chi connectivity index (χ0v) is 16.5. The predicted octanol–water partition coefficient (Wildman–Crippen LogP) is 5.94. The van der Waals surface area contributed by atoms with Crippen LogP contribution in [0, 0.1) is 6.92 Å². The summed E-state index contributed by atoms with van der Waals surface area (Å²) in [7, 11) is 0. The average Bonchev–Trinajstić information content (AvgIpc) is 3.37. The Balaban J connectivity index is 1.58. The SMILES string of the molecule is Cc1cccc(Cl)c1Nc1nc2ccc(NC3CCCC3)cc2n2cncc12. The number of imidazole rings is 1. The second kappa shape index (κ2) is 6.99. The molecular weight excluding hydrogens is 370 g/mol. The molecule has 4 aromatic rings. The molecule has 2 aromatic carbocycles. The zero-order valence-electron chi connectivity index (χ0n) is 15.7. The molecule has 0 bridgehead atoms. The Kier molecular flexibility index (Phi) is 4.32. The molecule has 142 valence electrons. The van der Waals surface area contributed by atoms with Crippen molar-refractivity contribution in [1.29, 1.82) is 0 Å². The van der Waals surface area contributed by atoms with E-state index in [9.17, 15) is 0 Å². The van der Waals surface area contributed by atoms with Crippen LogP contribution in [0.2, 0.25) is 5.02 Å². The fourth-order valence-corrected chi connectivity index (χ4v) is 4.32. The highest BCUT2D eigenvalue weighted by Gasteiger charge is 2.16. The molecule has 1 aliphatic rings. The molecule has 5 rings (SSSR count). The Morgan fingerprint density at radius 1 is 1.11 bits per heavy atom. The van der Waals surface area contributed by atoms with Crippen molar-refractivity contribution in [2.45, 2.75) is 38.6 Å². The molecule has 0 atom stereocenters. The second-order valence-corrected chi connectivity index (χ2v) is 7.90. The maximum Gasteiger partial charge on any atom is 0.157 e. The molecule has 1 aliphatic carbocycles. The van der Waals surface area contributed by atoms with E-state index in [1.54, 1.807) is 0 Å². The second-order valence-electron chi connectivity index (χ2n) is 7.50. The molecule has 0 spiro atoms. The summed E-state index contributed by atoms with van der Waals surface area (Å²) in [6.07, 6.45) is 8.79. The fourth-order valence-electron chi connectivity index (χ4n) is 4.05. The van der Waals surface area contributed by atoms with Gasteiger partial charge in [-0.2, -0.15) is 0 Å². The van der Waals surface area contributed by atoms with Gasteiger partial charge in [0.1, 0.15) is 5.52 Å². The third-order valence-corrected chi connectivity index (χ3v) is 5.85. The number of aryl methyl sites for hydroxylation is 1. The van der Waals surface area contributed by atoms with Crippen LogP contribution < -0.4 is 10.6 Å². The summed E-state index contributed by atoms with van der Waals surface area (Å²) >= 11 is 6.40. The monoisotopic (exact) mass is 391 g/mol. The van der Waals surface area contributed by atoms with E-state index in [4.69, 9.17) is 16.6 Å². The molecule has 0 amide bonds. The van der Waals surface area contributed by atoms with Crippen LogP contribution in [0.15, 0.2) is 48.9 Å². The van der Waals surface area contributed by atoms with Crippen molar-refractivity contribution in [2.75, 3.05) is 10.6 Å². The molecule has 0 unspecified atom stereocenters. The van der Waals surface area contributed by atoms with E-state index in [1.807, 2.05) is 37.6 Å². The smallest absolute Gasteiger partial charge is 0.157 e. The maximum atomic E-state index is 6.40. The van der Waals surface area contributed by atoms with E-state index in [0.717, 1.165) is 39.3 Å². The lowest BCUT2D eigenvalue weighted by molar-refractivity contribution is 0.756. The Hall–Kier alpha value is -2.79. The Morgan fingerprint density at radius 2 is 1.96 bits per heavy atom. The van der Waals surface area contributed by atoms with Gasteiger partial charge in [0.2, 0.25) is 0 Å². The number of halogens is 1. The quantitative estimate of drug-likeness (QED) is 0.451. The highest BCUT2D eigenvalue weighted by molar-refractivity contribution is 6.33. The minimum absolute atomic E-state index is 0.577. The number of nitrogens with zero attached hydrogens (tertiary/aromatic N) is 3. The van der Waals surface area contributed by atoms with Crippen molar-refractivity contribution in [2.24, 2.45) is 0 Å². The molecule has 1 fully saturated rings. The Morgan fingerprint density at radius 3 is 2.79 bits per heavy atom. The number of anilines is 3. The summed E-state index contributed by atoms with van der Waals surface area (Å²) in [5.41, 5.74) is 5.96. The van der Waals surface area contributed by atoms with E-state index in [0.29, 0.717) is 11.1 Å². The standard InChI is InChI=1S/C22H22ClN5/c1-14-5-4-8-17(23)21(14)27-22-20-12-24-13-28(20)19-11-16(9-10-18(19)26-22)25-15-6-2-3-7-15/h4-5,8-13,15,25H,2-3,6-7H2,1H3,(H,26,27). The van der Waals surface area contributed by atoms with Crippen LogP contribution in [0.5, 0.6) is 0 Å². The molecule has 0 radical (unpaired) electrons. The lowest BCUT2D eigenvalue weighted by Crippen LogP contribution is -2.14. The Labute approximate surface area is 168 Å². The van der Waals surface area contributed by atoms with E-state index in [-0.39, 0.29) is 0 Å². The summed E-state index contributed by atoms with van der Waals surface area (Å²) in [5, 5.41) is 7.76. The van der Waals surface area contributed by atoms with Crippen LogP contribution in [0.25, 0.3) is 16.6 Å². The number of nitrogens with one attached hydrogen (secondary N) is 2. The van der Waals surface area contributed by atoms with Crippen LogP contribution in [0.3, 0.4) is 0 Å². The van der Waals surface area contributed by atoms with Gasteiger partial charge in [-0.25, -0.2) is 9.97 Å². The van der Waals surface area contributed by atoms with Gasteiger partial charge in [-0.1, -0.05) is 36.6 Å². The molecule has 2 aromatic heterocycles. The van der Waals surface area contributed by atoms with Crippen molar-refractivity contribution in [3.05, 3.63) is 59.5 Å². The van der Waals surface area contributed by atoms with Gasteiger partial charge in [0.05, 0.1) is 34.3 Å². The van der Waals surface area contributed by atoms with Gasteiger partial charge in [0.25, 0.3) is 0 Å². The number of fused-ring (bicyclic) bond motifs is 3. The van der Waals surface area contributed by atoms with Gasteiger partial charge >= 0.3 is 0 Å². The molecule has 0 saturated heterocycles. The van der Waals surface area contributed by atoms with Crippen molar-refractivity contribution in [3.8, 4) is 0 Å². The van der Waals surface area contributed by atoms with Crippen LogP contribution in [0.4, 0.5) is 17.2 Å².